The number of piperidine rings is 1. The molecule has 1 amide bonds. The molecule has 2 bridgehead atoms. The van der Waals surface area contributed by atoms with Crippen molar-refractivity contribution in [3.05, 3.63) is 51.9 Å². The lowest BCUT2D eigenvalue weighted by Gasteiger charge is -2.36. The standard InChI is InChI=1S/C20H24ClN3O2/c1-13-19(14(2)26-22-13)12-23-9-15-6-7-18(11-23)24(10-15)20(25)16-4-3-5-17(21)8-16/h3-5,8,15,18H,6-7,9-12H2,1-2H3/t15-,18+/m0/s1. The highest BCUT2D eigenvalue weighted by molar-refractivity contribution is 6.30. The third-order valence-electron chi connectivity index (χ3n) is 5.68. The number of fused-ring (bicyclic) bond motifs is 4. The monoisotopic (exact) mass is 373 g/mol. The van der Waals surface area contributed by atoms with Gasteiger partial charge in [0.15, 0.2) is 0 Å². The zero-order valence-electron chi connectivity index (χ0n) is 15.2. The van der Waals surface area contributed by atoms with Crippen LogP contribution < -0.4 is 0 Å². The summed E-state index contributed by atoms with van der Waals surface area (Å²) >= 11 is 6.08. The van der Waals surface area contributed by atoms with Gasteiger partial charge in [-0.05, 0) is 50.8 Å². The summed E-state index contributed by atoms with van der Waals surface area (Å²) < 4.78 is 5.31. The summed E-state index contributed by atoms with van der Waals surface area (Å²) in [6, 6.07) is 7.52. The third kappa shape index (κ3) is 3.38. The van der Waals surface area contributed by atoms with Gasteiger partial charge in [0.25, 0.3) is 5.91 Å². The first kappa shape index (κ1) is 17.6. The summed E-state index contributed by atoms with van der Waals surface area (Å²) in [5.74, 6) is 1.50. The molecule has 1 aromatic carbocycles. The summed E-state index contributed by atoms with van der Waals surface area (Å²) in [4.78, 5) is 17.6. The van der Waals surface area contributed by atoms with Crippen LogP contribution in [0.25, 0.3) is 0 Å². The number of carbonyl (C=O) groups is 1. The van der Waals surface area contributed by atoms with E-state index < -0.39 is 0 Å². The van der Waals surface area contributed by atoms with Crippen molar-refractivity contribution in [1.82, 2.24) is 15.0 Å². The molecular formula is C20H24ClN3O2. The highest BCUT2D eigenvalue weighted by Crippen LogP contribution is 2.31. The fourth-order valence-corrected chi connectivity index (χ4v) is 4.49. The van der Waals surface area contributed by atoms with Crippen LogP contribution in [0.5, 0.6) is 0 Å². The molecular weight excluding hydrogens is 350 g/mol. The van der Waals surface area contributed by atoms with Gasteiger partial charge in [-0.1, -0.05) is 22.8 Å². The highest BCUT2D eigenvalue weighted by atomic mass is 35.5. The van der Waals surface area contributed by atoms with Crippen molar-refractivity contribution in [2.45, 2.75) is 39.3 Å². The van der Waals surface area contributed by atoms with Crippen LogP contribution in [0.4, 0.5) is 0 Å². The molecule has 5 rings (SSSR count). The molecule has 0 saturated carbocycles. The Morgan fingerprint density at radius 1 is 1.27 bits per heavy atom. The number of hydrogen-bond acceptors (Lipinski definition) is 4. The molecule has 6 heteroatoms. The van der Waals surface area contributed by atoms with E-state index in [1.807, 2.05) is 26.0 Å². The van der Waals surface area contributed by atoms with Gasteiger partial charge in [-0.15, -0.1) is 0 Å². The maximum atomic E-state index is 13.1. The van der Waals surface area contributed by atoms with Gasteiger partial charge in [0.1, 0.15) is 5.76 Å². The van der Waals surface area contributed by atoms with Gasteiger partial charge >= 0.3 is 0 Å². The van der Waals surface area contributed by atoms with Crippen LogP contribution in [-0.2, 0) is 6.54 Å². The molecule has 2 atom stereocenters. The van der Waals surface area contributed by atoms with Crippen LogP contribution in [0, 0.1) is 19.8 Å². The minimum absolute atomic E-state index is 0.0985. The summed E-state index contributed by atoms with van der Waals surface area (Å²) in [5, 5.41) is 4.68. The molecule has 0 spiro atoms. The molecule has 3 aliphatic rings. The van der Waals surface area contributed by atoms with Gasteiger partial charge < -0.3 is 9.42 Å². The molecule has 138 valence electrons. The number of amides is 1. The molecule has 0 unspecified atom stereocenters. The van der Waals surface area contributed by atoms with E-state index in [-0.39, 0.29) is 11.9 Å². The minimum atomic E-state index is 0.0985. The predicted molar refractivity (Wildman–Crippen MR) is 100 cm³/mol. The Bertz CT molecular complexity index is 800. The van der Waals surface area contributed by atoms with Crippen molar-refractivity contribution in [3.63, 3.8) is 0 Å². The molecule has 4 heterocycles. The lowest BCUT2D eigenvalue weighted by atomic mass is 9.94. The van der Waals surface area contributed by atoms with E-state index in [0.717, 1.165) is 44.1 Å². The van der Waals surface area contributed by atoms with Gasteiger partial charge in [0.05, 0.1) is 5.69 Å². The Labute approximate surface area is 158 Å². The molecule has 0 N–H and O–H groups in total. The average molecular weight is 374 g/mol. The minimum Gasteiger partial charge on any atom is -0.361 e. The second kappa shape index (κ2) is 7.05. The summed E-state index contributed by atoms with van der Waals surface area (Å²) in [5.41, 5.74) is 2.83. The molecule has 3 saturated heterocycles. The first-order chi connectivity index (χ1) is 12.5. The Kier molecular flexibility index (Phi) is 4.76. The average Bonchev–Trinajstić information content (AvgIpc) is 2.81. The Morgan fingerprint density at radius 3 is 2.85 bits per heavy atom. The van der Waals surface area contributed by atoms with Gasteiger partial charge in [-0.25, -0.2) is 0 Å². The second-order valence-corrected chi connectivity index (χ2v) is 8.00. The van der Waals surface area contributed by atoms with Crippen LogP contribution >= 0.6 is 11.6 Å². The molecule has 26 heavy (non-hydrogen) atoms. The first-order valence-electron chi connectivity index (χ1n) is 9.22. The number of benzene rings is 1. The van der Waals surface area contributed by atoms with Crippen molar-refractivity contribution in [1.29, 1.82) is 0 Å². The lowest BCUT2D eigenvalue weighted by Crippen LogP contribution is -2.47. The van der Waals surface area contributed by atoms with Crippen LogP contribution in [0.1, 0.15) is 40.2 Å². The fraction of sp³-hybridized carbons (Fsp3) is 0.500. The molecule has 1 aromatic heterocycles. The summed E-state index contributed by atoms with van der Waals surface area (Å²) in [6.07, 6.45) is 2.25. The van der Waals surface area contributed by atoms with Gasteiger partial charge in [0.2, 0.25) is 0 Å². The zero-order valence-corrected chi connectivity index (χ0v) is 16.0. The van der Waals surface area contributed by atoms with Gasteiger partial charge in [-0.2, -0.15) is 0 Å². The normalized spacial score (nSPS) is 23.3. The van der Waals surface area contributed by atoms with Crippen LogP contribution in [0.2, 0.25) is 5.02 Å². The highest BCUT2D eigenvalue weighted by Gasteiger charge is 2.37. The van der Waals surface area contributed by atoms with Crippen LogP contribution in [0.15, 0.2) is 28.8 Å². The maximum Gasteiger partial charge on any atom is 0.254 e. The smallest absolute Gasteiger partial charge is 0.254 e. The molecule has 5 nitrogen and oxygen atoms in total. The number of aromatic nitrogens is 1. The van der Waals surface area contributed by atoms with E-state index >= 15 is 0 Å². The maximum absolute atomic E-state index is 13.1. The number of rotatable bonds is 3. The first-order valence-corrected chi connectivity index (χ1v) is 9.59. The number of aryl methyl sites for hydroxylation is 2. The SMILES string of the molecule is Cc1noc(C)c1CN1C[C@@H]2CC[C@H](C1)N(C(=O)c1cccc(Cl)c1)C2. The Balaban J connectivity index is 1.52. The lowest BCUT2D eigenvalue weighted by molar-refractivity contribution is 0.0585. The Morgan fingerprint density at radius 2 is 2.12 bits per heavy atom. The van der Waals surface area contributed by atoms with Crippen molar-refractivity contribution in [3.8, 4) is 0 Å². The number of carbonyl (C=O) groups excluding carboxylic acids is 1. The molecule has 0 aliphatic carbocycles. The number of nitrogens with zero attached hydrogens (tertiary/aromatic N) is 3. The zero-order chi connectivity index (χ0) is 18.3. The molecule has 3 fully saturated rings. The van der Waals surface area contributed by atoms with Gasteiger partial charge in [-0.3, -0.25) is 9.69 Å². The Hall–Kier alpha value is -1.85. The third-order valence-corrected chi connectivity index (χ3v) is 5.92. The number of hydrogen-bond donors (Lipinski definition) is 0. The van der Waals surface area contributed by atoms with E-state index in [2.05, 4.69) is 15.0 Å². The van der Waals surface area contributed by atoms with E-state index in [1.165, 1.54) is 12.0 Å². The van der Waals surface area contributed by atoms with Crippen molar-refractivity contribution < 1.29 is 9.32 Å². The molecule has 0 radical (unpaired) electrons. The second-order valence-electron chi connectivity index (χ2n) is 7.56. The van der Waals surface area contributed by atoms with Crippen molar-refractivity contribution >= 4 is 17.5 Å². The summed E-state index contributed by atoms with van der Waals surface area (Å²) in [6.45, 7) is 7.54. The fourth-order valence-electron chi connectivity index (χ4n) is 4.30. The van der Waals surface area contributed by atoms with Crippen LogP contribution in [0.3, 0.4) is 0 Å². The molecule has 3 aliphatic heterocycles. The predicted octanol–water partition coefficient (Wildman–Crippen LogP) is 3.68. The van der Waals surface area contributed by atoms with E-state index in [1.54, 1.807) is 12.1 Å². The van der Waals surface area contributed by atoms with E-state index in [4.69, 9.17) is 16.1 Å². The molecule has 2 aromatic rings. The van der Waals surface area contributed by atoms with E-state index in [9.17, 15) is 4.79 Å². The van der Waals surface area contributed by atoms with Gasteiger partial charge in [0, 0.05) is 48.4 Å². The topological polar surface area (TPSA) is 49.6 Å². The van der Waals surface area contributed by atoms with Crippen LogP contribution in [-0.4, -0.2) is 46.5 Å². The summed E-state index contributed by atoms with van der Waals surface area (Å²) in [7, 11) is 0. The van der Waals surface area contributed by atoms with Crippen molar-refractivity contribution in [2.24, 2.45) is 5.92 Å². The quantitative estimate of drug-likeness (QED) is 0.823. The van der Waals surface area contributed by atoms with E-state index in [0.29, 0.717) is 16.5 Å². The number of halogens is 1. The van der Waals surface area contributed by atoms with Crippen molar-refractivity contribution in [2.75, 3.05) is 19.6 Å². The largest absolute Gasteiger partial charge is 0.361 e.